The normalized spacial score (nSPS) is 14.9. The van der Waals surface area contributed by atoms with Gasteiger partial charge in [-0.15, -0.1) is 0 Å². The van der Waals surface area contributed by atoms with Gasteiger partial charge in [0.05, 0.1) is 28.6 Å². The molecule has 1 unspecified atom stereocenters. The van der Waals surface area contributed by atoms with Gasteiger partial charge in [-0.25, -0.2) is 9.48 Å². The van der Waals surface area contributed by atoms with Crippen LogP contribution in [-0.4, -0.2) is 39.8 Å². The molecule has 42 heavy (non-hydrogen) atoms. The summed E-state index contributed by atoms with van der Waals surface area (Å²) in [6.07, 6.45) is 1.71. The number of nitrogens with one attached hydrogen (secondary N) is 3. The summed E-state index contributed by atoms with van der Waals surface area (Å²) >= 11 is 0. The predicted molar refractivity (Wildman–Crippen MR) is 165 cm³/mol. The van der Waals surface area contributed by atoms with Crippen molar-refractivity contribution in [2.24, 2.45) is 5.92 Å². The number of anilines is 2. The molecule has 4 aromatic rings. The molecule has 2 amide bonds. The first-order valence-electron chi connectivity index (χ1n) is 14.5. The Morgan fingerprint density at radius 1 is 1.00 bits per heavy atom. The number of para-hydroxylation sites is 1. The van der Waals surface area contributed by atoms with Crippen LogP contribution in [0.3, 0.4) is 0 Å². The first-order valence-corrected chi connectivity index (χ1v) is 14.5. The van der Waals surface area contributed by atoms with E-state index in [4.69, 9.17) is 9.62 Å². The largest absolute Gasteiger partial charge is 0.361 e. The number of benzene rings is 2. The predicted octanol–water partition coefficient (Wildman–Crippen LogP) is 6.69. The van der Waals surface area contributed by atoms with Crippen LogP contribution in [0.25, 0.3) is 5.69 Å². The number of amides is 2. The summed E-state index contributed by atoms with van der Waals surface area (Å²) < 4.78 is 7.11. The van der Waals surface area contributed by atoms with E-state index < -0.39 is 11.9 Å². The number of carbonyl (C=O) groups excluding carboxylic acids is 2. The lowest BCUT2D eigenvalue weighted by Crippen LogP contribution is -2.34. The minimum atomic E-state index is -0.453. The Hall–Kier alpha value is -4.24. The van der Waals surface area contributed by atoms with Crippen molar-refractivity contribution >= 4 is 23.3 Å². The van der Waals surface area contributed by atoms with Gasteiger partial charge < -0.3 is 15.2 Å². The summed E-state index contributed by atoms with van der Waals surface area (Å²) in [5, 5.41) is 18.3. The van der Waals surface area contributed by atoms with Crippen LogP contribution in [0.4, 0.5) is 16.3 Å². The van der Waals surface area contributed by atoms with Gasteiger partial charge in [-0.05, 0) is 76.4 Å². The van der Waals surface area contributed by atoms with E-state index in [-0.39, 0.29) is 17.1 Å². The molecule has 3 N–H and O–H groups in total. The van der Waals surface area contributed by atoms with Crippen LogP contribution < -0.4 is 16.0 Å². The van der Waals surface area contributed by atoms with Crippen LogP contribution in [0.5, 0.6) is 0 Å². The highest BCUT2D eigenvalue weighted by Crippen LogP contribution is 2.39. The van der Waals surface area contributed by atoms with Gasteiger partial charge >= 0.3 is 6.03 Å². The summed E-state index contributed by atoms with van der Waals surface area (Å²) in [5.41, 5.74) is 5.12. The van der Waals surface area contributed by atoms with Crippen LogP contribution >= 0.6 is 0 Å². The Morgan fingerprint density at radius 2 is 1.69 bits per heavy atom. The summed E-state index contributed by atoms with van der Waals surface area (Å²) in [6, 6.07) is 17.1. The molecule has 0 aliphatic carbocycles. The zero-order valence-corrected chi connectivity index (χ0v) is 25.2. The standard InChI is InChI=1S/C33H40N6O3/c1-20-11-13-24(14-12-20)39-28(19-27(37-39)33(4,5)6)36-32(41)35-26-10-8-7-9-25(26)30(23-15-17-34-18-16-23)31(40)29-21(2)38-42-22(29)3/h7-14,19,23,30,34H,15-18H2,1-6H3,(H2,35,36,41). The number of hydrogen-bond donors (Lipinski definition) is 3. The van der Waals surface area contributed by atoms with Crippen LogP contribution in [0.15, 0.2) is 59.1 Å². The Labute approximate surface area is 247 Å². The van der Waals surface area contributed by atoms with E-state index in [1.165, 1.54) is 0 Å². The van der Waals surface area contributed by atoms with Gasteiger partial charge in [0.1, 0.15) is 11.6 Å². The fourth-order valence-electron chi connectivity index (χ4n) is 5.65. The van der Waals surface area contributed by atoms with Gasteiger partial charge in [-0.1, -0.05) is 61.8 Å². The molecule has 220 valence electrons. The fraction of sp³-hybridized carbons (Fsp3) is 0.394. The molecule has 5 rings (SSSR count). The number of Topliss-reactive ketones (excluding diaryl/α,β-unsaturated/α-hetero) is 1. The second kappa shape index (κ2) is 11.9. The summed E-state index contributed by atoms with van der Waals surface area (Å²) in [5.74, 6) is 0.695. The van der Waals surface area contributed by atoms with Gasteiger partial charge in [-0.2, -0.15) is 5.10 Å². The zero-order valence-electron chi connectivity index (χ0n) is 25.2. The number of ketones is 1. The van der Waals surface area contributed by atoms with Gasteiger partial charge in [0.15, 0.2) is 5.78 Å². The number of hydrogen-bond acceptors (Lipinski definition) is 6. The third-order valence-electron chi connectivity index (χ3n) is 7.96. The number of nitrogens with zero attached hydrogens (tertiary/aromatic N) is 3. The molecule has 2 aromatic heterocycles. The van der Waals surface area contributed by atoms with E-state index in [1.807, 2.05) is 61.5 Å². The van der Waals surface area contributed by atoms with E-state index in [1.54, 1.807) is 18.5 Å². The molecule has 1 atom stereocenters. The first-order chi connectivity index (χ1) is 20.0. The van der Waals surface area contributed by atoms with Crippen molar-refractivity contribution in [3.8, 4) is 5.69 Å². The Morgan fingerprint density at radius 3 is 2.33 bits per heavy atom. The summed E-state index contributed by atoms with van der Waals surface area (Å²) in [4.78, 5) is 27.7. The molecular formula is C33H40N6O3. The van der Waals surface area contributed by atoms with Crippen molar-refractivity contribution in [1.29, 1.82) is 0 Å². The monoisotopic (exact) mass is 568 g/mol. The number of carbonyl (C=O) groups is 2. The van der Waals surface area contributed by atoms with Crippen LogP contribution in [-0.2, 0) is 5.41 Å². The van der Waals surface area contributed by atoms with Crippen LogP contribution in [0, 0.1) is 26.7 Å². The maximum absolute atomic E-state index is 14.1. The van der Waals surface area contributed by atoms with Crippen molar-refractivity contribution in [3.05, 3.63) is 88.4 Å². The minimum absolute atomic E-state index is 0.0277. The second-order valence-electron chi connectivity index (χ2n) is 12.2. The SMILES string of the molecule is Cc1ccc(-n2nc(C(C)(C)C)cc2NC(=O)Nc2ccccc2C(C(=O)c2c(C)noc2C)C2CCNCC2)cc1. The molecule has 9 nitrogen and oxygen atoms in total. The third-order valence-corrected chi connectivity index (χ3v) is 7.96. The van der Waals surface area contributed by atoms with Crippen LogP contribution in [0.2, 0.25) is 0 Å². The highest BCUT2D eigenvalue weighted by Gasteiger charge is 2.36. The number of urea groups is 1. The Kier molecular flexibility index (Phi) is 8.31. The van der Waals surface area contributed by atoms with E-state index in [0.29, 0.717) is 28.5 Å². The lowest BCUT2D eigenvalue weighted by molar-refractivity contribution is 0.0914. The Balaban J connectivity index is 1.47. The molecule has 0 radical (unpaired) electrons. The number of piperidine rings is 1. The van der Waals surface area contributed by atoms with Crippen molar-refractivity contribution in [2.75, 3.05) is 23.7 Å². The van der Waals surface area contributed by atoms with Crippen molar-refractivity contribution in [1.82, 2.24) is 20.3 Å². The molecule has 1 saturated heterocycles. The quantitative estimate of drug-likeness (QED) is 0.214. The van der Waals surface area contributed by atoms with Gasteiger partial charge in [0.2, 0.25) is 0 Å². The molecule has 1 aliphatic heterocycles. The highest BCUT2D eigenvalue weighted by molar-refractivity contribution is 6.05. The number of rotatable bonds is 7. The molecule has 1 aliphatic rings. The molecule has 2 aromatic carbocycles. The summed E-state index contributed by atoms with van der Waals surface area (Å²) in [6.45, 7) is 13.5. The molecule has 0 spiro atoms. The van der Waals surface area contributed by atoms with Crippen molar-refractivity contribution in [3.63, 3.8) is 0 Å². The van der Waals surface area contributed by atoms with Crippen molar-refractivity contribution < 1.29 is 14.1 Å². The number of aromatic nitrogens is 3. The van der Waals surface area contributed by atoms with Gasteiger partial charge in [0, 0.05) is 17.2 Å². The van der Waals surface area contributed by atoms with E-state index in [9.17, 15) is 9.59 Å². The fourth-order valence-corrected chi connectivity index (χ4v) is 5.65. The molecule has 0 bridgehead atoms. The third kappa shape index (κ3) is 6.16. The van der Waals surface area contributed by atoms with Crippen molar-refractivity contribution in [2.45, 2.75) is 65.7 Å². The maximum Gasteiger partial charge on any atom is 0.324 e. The smallest absolute Gasteiger partial charge is 0.324 e. The molecule has 1 fully saturated rings. The minimum Gasteiger partial charge on any atom is -0.361 e. The highest BCUT2D eigenvalue weighted by atomic mass is 16.5. The van der Waals surface area contributed by atoms with Gasteiger partial charge in [0.25, 0.3) is 0 Å². The Bertz CT molecular complexity index is 1550. The molecule has 3 heterocycles. The lowest BCUT2D eigenvalue weighted by atomic mass is 9.75. The zero-order chi connectivity index (χ0) is 30.0. The number of aryl methyl sites for hydroxylation is 3. The second-order valence-corrected chi connectivity index (χ2v) is 12.2. The van der Waals surface area contributed by atoms with E-state index >= 15 is 0 Å². The van der Waals surface area contributed by atoms with E-state index in [0.717, 1.165) is 48.4 Å². The van der Waals surface area contributed by atoms with Gasteiger partial charge in [-0.3, -0.25) is 10.1 Å². The topological polar surface area (TPSA) is 114 Å². The molecule has 0 saturated carbocycles. The summed E-state index contributed by atoms with van der Waals surface area (Å²) in [7, 11) is 0. The first kappa shape index (κ1) is 29.3. The van der Waals surface area contributed by atoms with E-state index in [2.05, 4.69) is 41.9 Å². The lowest BCUT2D eigenvalue weighted by Gasteiger charge is -2.31. The molecular weight excluding hydrogens is 528 g/mol. The maximum atomic E-state index is 14.1. The average molecular weight is 569 g/mol. The van der Waals surface area contributed by atoms with Crippen LogP contribution in [0.1, 0.15) is 78.2 Å². The average Bonchev–Trinajstić information content (AvgIpc) is 3.53. The molecule has 9 heteroatoms.